The molecule has 23 heavy (non-hydrogen) atoms. The summed E-state index contributed by atoms with van der Waals surface area (Å²) < 4.78 is 16.5. The molecule has 1 heterocycles. The van der Waals surface area contributed by atoms with E-state index in [1.807, 2.05) is 24.3 Å². The minimum Gasteiger partial charge on any atom is -0.493 e. The first-order valence-electron chi connectivity index (χ1n) is 7.42. The number of hydrogen-bond donors (Lipinski definition) is 2. The van der Waals surface area contributed by atoms with E-state index >= 15 is 0 Å². The van der Waals surface area contributed by atoms with Crippen LogP contribution in [0.2, 0.25) is 0 Å². The fourth-order valence-electron chi connectivity index (χ4n) is 2.67. The largest absolute Gasteiger partial charge is 0.493 e. The normalized spacial score (nSPS) is 17.0. The minimum absolute atomic E-state index is 0.325. The summed E-state index contributed by atoms with van der Waals surface area (Å²) in [5.41, 5.74) is 9.06. The molecule has 0 saturated carbocycles. The topological polar surface area (TPSA) is 65.7 Å². The van der Waals surface area contributed by atoms with E-state index in [1.54, 1.807) is 20.3 Å². The highest BCUT2D eigenvalue weighted by Crippen LogP contribution is 2.36. The van der Waals surface area contributed by atoms with Crippen molar-refractivity contribution in [2.75, 3.05) is 14.2 Å². The molecule has 3 rings (SSSR count). The second-order valence-corrected chi connectivity index (χ2v) is 5.22. The Hall–Kier alpha value is -2.82. The SMILES string of the molecule is COC1=CCC2=C(NCc3ccccc3)C=C(N)OC2=C1OC. The van der Waals surface area contributed by atoms with Gasteiger partial charge in [-0.2, -0.15) is 0 Å². The summed E-state index contributed by atoms with van der Waals surface area (Å²) in [6.45, 7) is 0.708. The lowest BCUT2D eigenvalue weighted by atomic mass is 9.99. The molecule has 1 aromatic rings. The number of nitrogens with two attached hydrogens (primary N) is 1. The highest BCUT2D eigenvalue weighted by molar-refractivity contribution is 5.49. The third-order valence-electron chi connectivity index (χ3n) is 3.78. The number of methoxy groups -OCH3 is 2. The molecule has 0 atom stereocenters. The van der Waals surface area contributed by atoms with Gasteiger partial charge in [-0.1, -0.05) is 30.3 Å². The highest BCUT2D eigenvalue weighted by Gasteiger charge is 2.28. The Balaban J connectivity index is 1.91. The molecule has 5 nitrogen and oxygen atoms in total. The molecule has 120 valence electrons. The smallest absolute Gasteiger partial charge is 0.204 e. The fourth-order valence-corrected chi connectivity index (χ4v) is 2.67. The average Bonchev–Trinajstić information content (AvgIpc) is 2.59. The molecule has 5 heteroatoms. The zero-order valence-corrected chi connectivity index (χ0v) is 13.3. The minimum atomic E-state index is 0.325. The van der Waals surface area contributed by atoms with Crippen molar-refractivity contribution in [3.05, 3.63) is 82.5 Å². The van der Waals surface area contributed by atoms with Crippen LogP contribution in [-0.4, -0.2) is 14.2 Å². The Labute approximate surface area is 135 Å². The average molecular weight is 312 g/mol. The van der Waals surface area contributed by atoms with Gasteiger partial charge in [0.05, 0.1) is 14.2 Å². The number of hydrogen-bond acceptors (Lipinski definition) is 5. The first kappa shape index (κ1) is 15.1. The molecule has 3 N–H and O–H groups in total. The fraction of sp³-hybridized carbons (Fsp3) is 0.222. The van der Waals surface area contributed by atoms with Gasteiger partial charge in [0, 0.05) is 30.3 Å². The van der Waals surface area contributed by atoms with Crippen molar-refractivity contribution in [2.45, 2.75) is 13.0 Å². The maximum atomic E-state index is 5.92. The van der Waals surface area contributed by atoms with E-state index in [9.17, 15) is 0 Å². The van der Waals surface area contributed by atoms with Crippen LogP contribution in [0.25, 0.3) is 0 Å². The van der Waals surface area contributed by atoms with Gasteiger partial charge in [-0.15, -0.1) is 0 Å². The lowest BCUT2D eigenvalue weighted by Crippen LogP contribution is -2.23. The lowest BCUT2D eigenvalue weighted by molar-refractivity contribution is 0.184. The van der Waals surface area contributed by atoms with Crippen LogP contribution < -0.4 is 11.1 Å². The molecule has 1 aromatic carbocycles. The van der Waals surface area contributed by atoms with E-state index < -0.39 is 0 Å². The lowest BCUT2D eigenvalue weighted by Gasteiger charge is -2.27. The zero-order chi connectivity index (χ0) is 16.2. The maximum absolute atomic E-state index is 5.92. The molecule has 0 aromatic heterocycles. The van der Waals surface area contributed by atoms with E-state index in [0.29, 0.717) is 36.1 Å². The quantitative estimate of drug-likeness (QED) is 0.875. The van der Waals surface area contributed by atoms with Crippen molar-refractivity contribution in [1.82, 2.24) is 5.32 Å². The Kier molecular flexibility index (Phi) is 4.28. The van der Waals surface area contributed by atoms with Crippen molar-refractivity contribution in [3.63, 3.8) is 0 Å². The Bertz CT molecular complexity index is 715. The molecular weight excluding hydrogens is 292 g/mol. The van der Waals surface area contributed by atoms with Crippen molar-refractivity contribution >= 4 is 0 Å². The van der Waals surface area contributed by atoms with Crippen LogP contribution in [0, 0.1) is 0 Å². The molecule has 0 bridgehead atoms. The van der Waals surface area contributed by atoms with E-state index in [1.165, 1.54) is 5.56 Å². The molecule has 0 fully saturated rings. The number of benzene rings is 1. The summed E-state index contributed by atoms with van der Waals surface area (Å²) in [4.78, 5) is 0. The monoisotopic (exact) mass is 312 g/mol. The zero-order valence-electron chi connectivity index (χ0n) is 13.3. The van der Waals surface area contributed by atoms with Crippen LogP contribution in [0.15, 0.2) is 76.9 Å². The summed E-state index contributed by atoms with van der Waals surface area (Å²) >= 11 is 0. The van der Waals surface area contributed by atoms with Crippen LogP contribution in [0.5, 0.6) is 0 Å². The molecule has 0 amide bonds. The maximum Gasteiger partial charge on any atom is 0.204 e. The summed E-state index contributed by atoms with van der Waals surface area (Å²) in [6, 6.07) is 10.2. The van der Waals surface area contributed by atoms with Crippen LogP contribution >= 0.6 is 0 Å². The van der Waals surface area contributed by atoms with Crippen LogP contribution in [0.4, 0.5) is 0 Å². The predicted octanol–water partition coefficient (Wildman–Crippen LogP) is 2.65. The molecular formula is C18H20N2O3. The summed E-state index contributed by atoms with van der Waals surface area (Å²) in [5.74, 6) is 2.15. The van der Waals surface area contributed by atoms with Gasteiger partial charge < -0.3 is 25.3 Å². The van der Waals surface area contributed by atoms with E-state index in [2.05, 4.69) is 17.4 Å². The molecule has 0 saturated heterocycles. The van der Waals surface area contributed by atoms with Gasteiger partial charge >= 0.3 is 0 Å². The van der Waals surface area contributed by atoms with Gasteiger partial charge in [0.1, 0.15) is 0 Å². The number of rotatable bonds is 5. The number of allylic oxidation sites excluding steroid dienone is 3. The summed E-state index contributed by atoms with van der Waals surface area (Å²) in [5, 5.41) is 3.43. The van der Waals surface area contributed by atoms with Crippen molar-refractivity contribution in [3.8, 4) is 0 Å². The van der Waals surface area contributed by atoms with Crippen LogP contribution in [0.3, 0.4) is 0 Å². The van der Waals surface area contributed by atoms with Crippen LogP contribution in [-0.2, 0) is 20.8 Å². The molecule has 0 spiro atoms. The second kappa shape index (κ2) is 6.52. The van der Waals surface area contributed by atoms with E-state index in [-0.39, 0.29) is 0 Å². The van der Waals surface area contributed by atoms with Crippen molar-refractivity contribution in [2.24, 2.45) is 5.73 Å². The van der Waals surface area contributed by atoms with Gasteiger partial charge in [-0.25, -0.2) is 0 Å². The molecule has 0 unspecified atom stereocenters. The van der Waals surface area contributed by atoms with Gasteiger partial charge in [0.15, 0.2) is 17.4 Å². The van der Waals surface area contributed by atoms with Gasteiger partial charge in [0.25, 0.3) is 0 Å². The standard InChI is InChI=1S/C18H20N2O3/c1-21-15-9-8-13-14(20-11-12-6-4-3-5-7-12)10-16(19)23-17(13)18(15)22-2/h3-7,9-10,20H,8,11,19H2,1-2H3. The highest BCUT2D eigenvalue weighted by atomic mass is 16.5. The Morgan fingerprint density at radius 1 is 1.17 bits per heavy atom. The summed E-state index contributed by atoms with van der Waals surface area (Å²) in [6.07, 6.45) is 4.47. The number of nitrogens with one attached hydrogen (secondary N) is 1. The van der Waals surface area contributed by atoms with Crippen molar-refractivity contribution < 1.29 is 14.2 Å². The number of fused-ring (bicyclic) bond motifs is 1. The summed E-state index contributed by atoms with van der Waals surface area (Å²) in [7, 11) is 3.20. The third-order valence-corrected chi connectivity index (χ3v) is 3.78. The van der Waals surface area contributed by atoms with Gasteiger partial charge in [-0.05, 0) is 11.6 Å². The van der Waals surface area contributed by atoms with E-state index in [0.717, 1.165) is 11.3 Å². The third kappa shape index (κ3) is 3.04. The van der Waals surface area contributed by atoms with E-state index in [4.69, 9.17) is 19.9 Å². The Morgan fingerprint density at radius 2 is 1.96 bits per heavy atom. The van der Waals surface area contributed by atoms with Crippen LogP contribution in [0.1, 0.15) is 12.0 Å². The van der Waals surface area contributed by atoms with Gasteiger partial charge in [-0.3, -0.25) is 0 Å². The first-order chi connectivity index (χ1) is 11.2. The Morgan fingerprint density at radius 3 is 2.65 bits per heavy atom. The second-order valence-electron chi connectivity index (χ2n) is 5.22. The molecule has 1 aliphatic carbocycles. The number of ether oxygens (including phenoxy) is 3. The molecule has 0 radical (unpaired) electrons. The molecule has 1 aliphatic heterocycles. The first-order valence-corrected chi connectivity index (χ1v) is 7.42. The van der Waals surface area contributed by atoms with Crippen molar-refractivity contribution in [1.29, 1.82) is 0 Å². The predicted molar refractivity (Wildman–Crippen MR) is 87.4 cm³/mol. The van der Waals surface area contributed by atoms with Gasteiger partial charge in [0.2, 0.25) is 5.76 Å². The molecule has 2 aliphatic rings.